The first-order chi connectivity index (χ1) is 12.8. The summed E-state index contributed by atoms with van der Waals surface area (Å²) >= 11 is 1.59. The zero-order valence-corrected chi connectivity index (χ0v) is 15.7. The number of thioether (sulfide) groups is 1. The highest BCUT2D eigenvalue weighted by Crippen LogP contribution is 2.42. The van der Waals surface area contributed by atoms with Gasteiger partial charge in [0.2, 0.25) is 5.78 Å². The van der Waals surface area contributed by atoms with E-state index in [1.807, 2.05) is 42.5 Å². The van der Waals surface area contributed by atoms with E-state index in [0.717, 1.165) is 39.7 Å². The molecule has 0 saturated carbocycles. The van der Waals surface area contributed by atoms with Crippen molar-refractivity contribution in [3.8, 4) is 0 Å². The number of nitrogens with one attached hydrogen (secondary N) is 1. The molecule has 2 aliphatic heterocycles. The molecular formula is C22H24N2OS. The van der Waals surface area contributed by atoms with Crippen LogP contribution in [-0.2, 0) is 0 Å². The molecule has 0 radical (unpaired) electrons. The number of ketones is 1. The Balaban J connectivity index is 1.57. The molecule has 0 unspecified atom stereocenters. The molecule has 0 aromatic heterocycles. The van der Waals surface area contributed by atoms with Crippen LogP contribution in [-0.4, -0.2) is 36.9 Å². The van der Waals surface area contributed by atoms with Crippen LogP contribution in [0.4, 0.5) is 0 Å². The van der Waals surface area contributed by atoms with Gasteiger partial charge in [0, 0.05) is 23.5 Å². The molecule has 2 aromatic rings. The van der Waals surface area contributed by atoms with Gasteiger partial charge in [0.15, 0.2) is 0 Å². The normalized spacial score (nSPS) is 19.3. The highest BCUT2D eigenvalue weighted by atomic mass is 32.2. The van der Waals surface area contributed by atoms with Crippen LogP contribution in [0.1, 0.15) is 35.2 Å². The average molecular weight is 365 g/mol. The van der Waals surface area contributed by atoms with Crippen molar-refractivity contribution in [2.45, 2.75) is 24.2 Å². The number of likely N-dealkylation sites (tertiary alicyclic amines) is 1. The Morgan fingerprint density at radius 2 is 1.69 bits per heavy atom. The Bertz CT molecular complexity index is 810. The third-order valence-corrected chi connectivity index (χ3v) is 6.19. The van der Waals surface area contributed by atoms with E-state index in [-0.39, 0.29) is 5.78 Å². The first-order valence-electron chi connectivity index (χ1n) is 9.40. The molecule has 26 heavy (non-hydrogen) atoms. The highest BCUT2D eigenvalue weighted by Gasteiger charge is 2.29. The number of benzene rings is 2. The molecule has 0 spiro atoms. The standard InChI is InChI=1S/C22H24N2OS/c25-21-18-11-5-6-12-19(18)26-22(21)20(17-9-3-1-4-10-17)23-13-16-24-14-7-2-8-15-24/h1,3-6,9-12,23H,2,7-8,13-16H2. The lowest BCUT2D eigenvalue weighted by Gasteiger charge is -2.27. The van der Waals surface area contributed by atoms with Crippen molar-refractivity contribution in [3.05, 3.63) is 70.6 Å². The molecular weight excluding hydrogens is 340 g/mol. The average Bonchev–Trinajstić information content (AvgIpc) is 3.03. The van der Waals surface area contributed by atoms with Gasteiger partial charge in [0.25, 0.3) is 0 Å². The Kier molecular flexibility index (Phi) is 5.42. The maximum absolute atomic E-state index is 12.9. The van der Waals surface area contributed by atoms with Gasteiger partial charge in [-0.05, 0) is 43.6 Å². The summed E-state index contributed by atoms with van der Waals surface area (Å²) < 4.78 is 0. The van der Waals surface area contributed by atoms with Crippen molar-refractivity contribution in [2.24, 2.45) is 0 Å². The van der Waals surface area contributed by atoms with E-state index >= 15 is 0 Å². The zero-order chi connectivity index (χ0) is 17.8. The summed E-state index contributed by atoms with van der Waals surface area (Å²) in [6, 6.07) is 18.1. The Labute approximate surface area is 159 Å². The van der Waals surface area contributed by atoms with Gasteiger partial charge < -0.3 is 10.2 Å². The molecule has 0 bridgehead atoms. The molecule has 4 heteroatoms. The van der Waals surface area contributed by atoms with E-state index in [4.69, 9.17) is 0 Å². The molecule has 0 aliphatic carbocycles. The summed E-state index contributed by atoms with van der Waals surface area (Å²) in [5.41, 5.74) is 2.86. The zero-order valence-electron chi connectivity index (χ0n) is 14.9. The van der Waals surface area contributed by atoms with Crippen molar-refractivity contribution in [2.75, 3.05) is 26.2 Å². The van der Waals surface area contributed by atoms with Crippen LogP contribution < -0.4 is 5.32 Å². The number of carbonyl (C=O) groups is 1. The predicted molar refractivity (Wildman–Crippen MR) is 108 cm³/mol. The summed E-state index contributed by atoms with van der Waals surface area (Å²) in [4.78, 5) is 17.3. The van der Waals surface area contributed by atoms with Gasteiger partial charge in [-0.2, -0.15) is 0 Å². The number of carbonyl (C=O) groups excluding carboxylic acids is 1. The maximum Gasteiger partial charge on any atom is 0.202 e. The SMILES string of the molecule is O=C1C(=C(NCCN2CCCCC2)c2ccccc2)Sc2ccccc21. The van der Waals surface area contributed by atoms with Gasteiger partial charge in [-0.3, -0.25) is 4.79 Å². The molecule has 2 aromatic carbocycles. The minimum atomic E-state index is 0.134. The van der Waals surface area contributed by atoms with E-state index in [9.17, 15) is 4.79 Å². The Morgan fingerprint density at radius 3 is 2.46 bits per heavy atom. The first kappa shape index (κ1) is 17.4. The first-order valence-corrected chi connectivity index (χ1v) is 10.2. The fraction of sp³-hybridized carbons (Fsp3) is 0.318. The second-order valence-electron chi connectivity index (χ2n) is 6.83. The van der Waals surface area contributed by atoms with Crippen LogP contribution in [0, 0.1) is 0 Å². The lowest BCUT2D eigenvalue weighted by molar-refractivity contribution is 0.104. The van der Waals surface area contributed by atoms with Gasteiger partial charge in [-0.1, -0.05) is 60.6 Å². The number of hydrogen-bond donors (Lipinski definition) is 1. The number of rotatable bonds is 5. The number of allylic oxidation sites excluding steroid dienone is 1. The minimum Gasteiger partial charge on any atom is -0.382 e. The molecule has 2 aliphatic rings. The van der Waals surface area contributed by atoms with Crippen molar-refractivity contribution in [3.63, 3.8) is 0 Å². The van der Waals surface area contributed by atoms with Crippen LogP contribution in [0.15, 0.2) is 64.4 Å². The summed E-state index contributed by atoms with van der Waals surface area (Å²) in [6.45, 7) is 4.27. The van der Waals surface area contributed by atoms with Crippen LogP contribution in [0.5, 0.6) is 0 Å². The third-order valence-electron chi connectivity index (χ3n) is 5.02. The van der Waals surface area contributed by atoms with Gasteiger partial charge in [-0.15, -0.1) is 0 Å². The summed E-state index contributed by atoms with van der Waals surface area (Å²) in [5.74, 6) is 0.134. The Hall–Kier alpha value is -2.04. The highest BCUT2D eigenvalue weighted by molar-refractivity contribution is 8.05. The van der Waals surface area contributed by atoms with E-state index in [0.29, 0.717) is 0 Å². The van der Waals surface area contributed by atoms with Crippen LogP contribution in [0.25, 0.3) is 5.70 Å². The van der Waals surface area contributed by atoms with Crippen molar-refractivity contribution in [1.29, 1.82) is 0 Å². The number of nitrogens with zero attached hydrogens (tertiary/aromatic N) is 1. The second kappa shape index (κ2) is 8.11. The second-order valence-corrected chi connectivity index (χ2v) is 7.88. The molecule has 4 rings (SSSR count). The molecule has 1 N–H and O–H groups in total. The summed E-state index contributed by atoms with van der Waals surface area (Å²) in [7, 11) is 0. The molecule has 134 valence electrons. The lowest BCUT2D eigenvalue weighted by Crippen LogP contribution is -2.35. The minimum absolute atomic E-state index is 0.134. The van der Waals surface area contributed by atoms with Gasteiger partial charge in [-0.25, -0.2) is 0 Å². The lowest BCUT2D eigenvalue weighted by atomic mass is 10.1. The van der Waals surface area contributed by atoms with E-state index in [2.05, 4.69) is 22.3 Å². The van der Waals surface area contributed by atoms with E-state index in [1.54, 1.807) is 11.8 Å². The number of Topliss-reactive ketones (excluding diaryl/α,β-unsaturated/α-hetero) is 1. The fourth-order valence-corrected chi connectivity index (χ4v) is 4.76. The van der Waals surface area contributed by atoms with Crippen LogP contribution in [0.3, 0.4) is 0 Å². The predicted octanol–water partition coefficient (Wildman–Crippen LogP) is 4.42. The van der Waals surface area contributed by atoms with E-state index in [1.165, 1.54) is 32.4 Å². The molecule has 2 heterocycles. The summed E-state index contributed by atoms with van der Waals surface area (Å²) in [6.07, 6.45) is 3.96. The third kappa shape index (κ3) is 3.71. The number of hydrogen-bond acceptors (Lipinski definition) is 4. The largest absolute Gasteiger partial charge is 0.382 e. The fourth-order valence-electron chi connectivity index (χ4n) is 3.63. The molecule has 1 fully saturated rings. The molecule has 0 atom stereocenters. The molecule has 1 saturated heterocycles. The smallest absolute Gasteiger partial charge is 0.202 e. The topological polar surface area (TPSA) is 32.3 Å². The number of piperidine rings is 1. The van der Waals surface area contributed by atoms with Crippen molar-refractivity contribution in [1.82, 2.24) is 10.2 Å². The van der Waals surface area contributed by atoms with Gasteiger partial charge >= 0.3 is 0 Å². The van der Waals surface area contributed by atoms with Gasteiger partial charge in [0.05, 0.1) is 10.6 Å². The molecule has 0 amide bonds. The molecule has 3 nitrogen and oxygen atoms in total. The van der Waals surface area contributed by atoms with Crippen LogP contribution >= 0.6 is 11.8 Å². The van der Waals surface area contributed by atoms with Gasteiger partial charge in [0.1, 0.15) is 0 Å². The van der Waals surface area contributed by atoms with E-state index < -0.39 is 0 Å². The van der Waals surface area contributed by atoms with Crippen molar-refractivity contribution < 1.29 is 4.79 Å². The number of fused-ring (bicyclic) bond motifs is 1. The monoisotopic (exact) mass is 364 g/mol. The Morgan fingerprint density at radius 1 is 0.962 bits per heavy atom. The van der Waals surface area contributed by atoms with Crippen molar-refractivity contribution >= 4 is 23.2 Å². The van der Waals surface area contributed by atoms with Crippen LogP contribution in [0.2, 0.25) is 0 Å². The quantitative estimate of drug-likeness (QED) is 0.796. The summed E-state index contributed by atoms with van der Waals surface area (Å²) in [5, 5.41) is 3.59. The maximum atomic E-state index is 12.9.